The Labute approximate surface area is 230 Å². The van der Waals surface area contributed by atoms with E-state index in [4.69, 9.17) is 9.47 Å². The number of rotatable bonds is 10. The normalized spacial score (nSPS) is 16.8. The molecule has 6 heteroatoms. The lowest BCUT2D eigenvalue weighted by atomic mass is 9.94. The molecule has 1 atom stereocenters. The molecular formula is C33H37NO5. The van der Waals surface area contributed by atoms with Gasteiger partial charge in [0.2, 0.25) is 0 Å². The minimum atomic E-state index is -0.723. The first-order chi connectivity index (χ1) is 18.6. The summed E-state index contributed by atoms with van der Waals surface area (Å²) in [5.41, 5.74) is 3.16. The van der Waals surface area contributed by atoms with E-state index in [2.05, 4.69) is 27.7 Å². The van der Waals surface area contributed by atoms with Crippen LogP contribution >= 0.6 is 0 Å². The largest absolute Gasteiger partial charge is 0.507 e. The van der Waals surface area contributed by atoms with Gasteiger partial charge in [0.1, 0.15) is 17.3 Å². The number of hydrogen-bond acceptors (Lipinski definition) is 5. The molecule has 0 bridgehead atoms. The van der Waals surface area contributed by atoms with E-state index in [1.807, 2.05) is 55.5 Å². The maximum absolute atomic E-state index is 13.4. The summed E-state index contributed by atoms with van der Waals surface area (Å²) in [4.78, 5) is 28.3. The van der Waals surface area contributed by atoms with Crippen LogP contribution in [0.15, 0.2) is 78.4 Å². The van der Waals surface area contributed by atoms with Crippen LogP contribution < -0.4 is 9.47 Å². The third kappa shape index (κ3) is 6.69. The summed E-state index contributed by atoms with van der Waals surface area (Å²) in [7, 11) is 0. The summed E-state index contributed by atoms with van der Waals surface area (Å²) in [6.45, 7) is 11.7. The maximum Gasteiger partial charge on any atom is 0.295 e. The number of carbonyl (C=O) groups is 2. The zero-order chi connectivity index (χ0) is 28.1. The van der Waals surface area contributed by atoms with Crippen LogP contribution in [0.3, 0.4) is 0 Å². The lowest BCUT2D eigenvalue weighted by Gasteiger charge is -2.26. The molecule has 1 aliphatic heterocycles. The minimum Gasteiger partial charge on any atom is -0.507 e. The first-order valence-electron chi connectivity index (χ1n) is 13.4. The molecule has 3 aromatic carbocycles. The van der Waals surface area contributed by atoms with Crippen LogP contribution in [0.5, 0.6) is 11.5 Å². The third-order valence-corrected chi connectivity index (χ3v) is 6.47. The lowest BCUT2D eigenvalue weighted by molar-refractivity contribution is -0.140. The van der Waals surface area contributed by atoms with Gasteiger partial charge in [-0.3, -0.25) is 9.59 Å². The van der Waals surface area contributed by atoms with Crippen LogP contribution in [-0.4, -0.2) is 34.9 Å². The van der Waals surface area contributed by atoms with E-state index >= 15 is 0 Å². The van der Waals surface area contributed by atoms with Gasteiger partial charge in [0.15, 0.2) is 0 Å². The van der Waals surface area contributed by atoms with Crippen molar-refractivity contribution in [3.05, 3.63) is 101 Å². The zero-order valence-corrected chi connectivity index (χ0v) is 23.3. The number of aliphatic hydroxyl groups is 1. The van der Waals surface area contributed by atoms with Crippen LogP contribution in [0.1, 0.15) is 56.0 Å². The number of carbonyl (C=O) groups excluding carboxylic acids is 2. The fourth-order valence-corrected chi connectivity index (χ4v) is 4.51. The number of ketones is 1. The quantitative estimate of drug-likeness (QED) is 0.181. The second-order valence-corrected chi connectivity index (χ2v) is 10.9. The molecule has 1 aliphatic rings. The predicted molar refractivity (Wildman–Crippen MR) is 153 cm³/mol. The first kappa shape index (κ1) is 28.0. The van der Waals surface area contributed by atoms with E-state index < -0.39 is 17.7 Å². The lowest BCUT2D eigenvalue weighted by Crippen LogP contribution is -2.29. The van der Waals surface area contributed by atoms with Gasteiger partial charge in [-0.25, -0.2) is 0 Å². The molecule has 1 saturated heterocycles. The van der Waals surface area contributed by atoms with Gasteiger partial charge < -0.3 is 19.5 Å². The molecular weight excluding hydrogens is 490 g/mol. The molecule has 1 N–H and O–H groups in total. The van der Waals surface area contributed by atoms with Crippen LogP contribution in [0.25, 0.3) is 5.76 Å². The Kier molecular flexibility index (Phi) is 8.75. The van der Waals surface area contributed by atoms with Crippen molar-refractivity contribution < 1.29 is 24.2 Å². The van der Waals surface area contributed by atoms with Gasteiger partial charge in [-0.05, 0) is 66.3 Å². The van der Waals surface area contributed by atoms with Gasteiger partial charge in [-0.2, -0.15) is 0 Å². The average molecular weight is 528 g/mol. The van der Waals surface area contributed by atoms with E-state index in [1.54, 1.807) is 24.3 Å². The Bertz CT molecular complexity index is 1340. The number of Topliss-reactive ketones (excluding diaryl/α,β-unsaturated/α-hetero) is 1. The van der Waals surface area contributed by atoms with E-state index in [0.717, 1.165) is 22.4 Å². The highest BCUT2D eigenvalue weighted by Crippen LogP contribution is 2.40. The van der Waals surface area contributed by atoms with E-state index in [-0.39, 0.29) is 17.9 Å². The van der Waals surface area contributed by atoms with Gasteiger partial charge in [0.25, 0.3) is 11.7 Å². The molecule has 39 heavy (non-hydrogen) atoms. The smallest absolute Gasteiger partial charge is 0.295 e. The number of benzene rings is 3. The van der Waals surface area contributed by atoms with E-state index in [1.165, 1.54) is 4.90 Å². The van der Waals surface area contributed by atoms with Crippen molar-refractivity contribution in [3.63, 3.8) is 0 Å². The molecule has 0 radical (unpaired) electrons. The molecule has 1 amide bonds. The van der Waals surface area contributed by atoms with Gasteiger partial charge in [0.05, 0.1) is 24.8 Å². The summed E-state index contributed by atoms with van der Waals surface area (Å²) in [5, 5.41) is 11.4. The average Bonchev–Trinajstić information content (AvgIpc) is 3.16. The number of amides is 1. The molecule has 204 valence electrons. The number of likely N-dealkylation sites (tertiary alicyclic amines) is 1. The number of hydrogen-bond donors (Lipinski definition) is 1. The van der Waals surface area contributed by atoms with Crippen molar-refractivity contribution in [2.45, 2.75) is 47.2 Å². The Morgan fingerprint density at radius 1 is 0.846 bits per heavy atom. The fraction of sp³-hybridized carbons (Fsp3) is 0.333. The minimum absolute atomic E-state index is 0.0818. The van der Waals surface area contributed by atoms with Gasteiger partial charge in [0, 0.05) is 12.1 Å². The molecule has 3 aromatic rings. The number of aryl methyl sites for hydroxylation is 1. The van der Waals surface area contributed by atoms with Gasteiger partial charge in [-0.1, -0.05) is 69.7 Å². The van der Waals surface area contributed by atoms with Crippen molar-refractivity contribution in [2.24, 2.45) is 11.8 Å². The molecule has 1 unspecified atom stereocenters. The van der Waals surface area contributed by atoms with Crippen molar-refractivity contribution in [1.82, 2.24) is 4.90 Å². The Morgan fingerprint density at radius 2 is 1.41 bits per heavy atom. The fourth-order valence-electron chi connectivity index (χ4n) is 4.51. The van der Waals surface area contributed by atoms with Gasteiger partial charge >= 0.3 is 0 Å². The van der Waals surface area contributed by atoms with Crippen LogP contribution in [0.2, 0.25) is 0 Å². The van der Waals surface area contributed by atoms with Crippen molar-refractivity contribution in [2.75, 3.05) is 13.2 Å². The van der Waals surface area contributed by atoms with Crippen molar-refractivity contribution in [1.29, 1.82) is 0 Å². The second-order valence-electron chi connectivity index (χ2n) is 10.9. The highest BCUT2D eigenvalue weighted by Gasteiger charge is 2.46. The number of nitrogens with zero attached hydrogens (tertiary/aromatic N) is 1. The van der Waals surface area contributed by atoms with Crippen molar-refractivity contribution >= 4 is 17.4 Å². The molecule has 0 spiro atoms. The molecule has 4 rings (SSSR count). The standard InChI is InChI=1S/C33H37NO5/c1-21(2)19-38-27-13-9-24(10-14-27)18-34-30(26-8-6-7-23(5)17-26)29(32(36)33(34)37)31(35)25-11-15-28(16-12-25)39-20-22(3)4/h6-17,21-22,30,35H,18-20H2,1-5H3/b31-29-. The summed E-state index contributed by atoms with van der Waals surface area (Å²) >= 11 is 0. The second kappa shape index (κ2) is 12.2. The zero-order valence-electron chi connectivity index (χ0n) is 23.3. The summed E-state index contributed by atoms with van der Waals surface area (Å²) in [6, 6.07) is 21.5. The van der Waals surface area contributed by atoms with Crippen LogP contribution in [0, 0.1) is 18.8 Å². The molecule has 1 fully saturated rings. The maximum atomic E-state index is 13.4. The monoisotopic (exact) mass is 527 g/mol. The Hall–Kier alpha value is -4.06. The topological polar surface area (TPSA) is 76.1 Å². The molecule has 6 nitrogen and oxygen atoms in total. The summed E-state index contributed by atoms with van der Waals surface area (Å²) in [6.07, 6.45) is 0. The van der Waals surface area contributed by atoms with Crippen LogP contribution in [0.4, 0.5) is 0 Å². The first-order valence-corrected chi connectivity index (χ1v) is 13.4. The third-order valence-electron chi connectivity index (χ3n) is 6.47. The summed E-state index contributed by atoms with van der Waals surface area (Å²) in [5.74, 6) is 0.690. The molecule has 1 heterocycles. The number of ether oxygens (including phenoxy) is 2. The SMILES string of the molecule is Cc1cccc(C2/C(=C(/O)c3ccc(OCC(C)C)cc3)C(=O)C(=O)N2Cc2ccc(OCC(C)C)cc2)c1. The highest BCUT2D eigenvalue weighted by atomic mass is 16.5. The Balaban J connectivity index is 1.68. The number of aliphatic hydroxyl groups excluding tert-OH is 1. The van der Waals surface area contributed by atoms with E-state index in [9.17, 15) is 14.7 Å². The van der Waals surface area contributed by atoms with Gasteiger partial charge in [-0.15, -0.1) is 0 Å². The summed E-state index contributed by atoms with van der Waals surface area (Å²) < 4.78 is 11.5. The Morgan fingerprint density at radius 3 is 1.95 bits per heavy atom. The molecule has 0 saturated carbocycles. The van der Waals surface area contributed by atoms with Crippen molar-refractivity contribution in [3.8, 4) is 11.5 Å². The highest BCUT2D eigenvalue weighted by molar-refractivity contribution is 6.46. The predicted octanol–water partition coefficient (Wildman–Crippen LogP) is 6.69. The van der Waals surface area contributed by atoms with Crippen LogP contribution in [-0.2, 0) is 16.1 Å². The van der Waals surface area contributed by atoms with E-state index in [0.29, 0.717) is 36.4 Å². The molecule has 0 aliphatic carbocycles. The molecule has 0 aromatic heterocycles.